The van der Waals surface area contributed by atoms with Gasteiger partial charge in [-0.3, -0.25) is 0 Å². The number of benzene rings is 3. The van der Waals surface area contributed by atoms with Gasteiger partial charge in [0.05, 0.1) is 18.8 Å². The quantitative estimate of drug-likeness (QED) is 0.507. The van der Waals surface area contributed by atoms with Crippen molar-refractivity contribution in [1.29, 1.82) is 0 Å². The maximum atomic E-state index is 9.43. The lowest BCUT2D eigenvalue weighted by atomic mass is 9.96. The van der Waals surface area contributed by atoms with Gasteiger partial charge in [0.2, 0.25) is 0 Å². The Labute approximate surface area is 147 Å². The highest BCUT2D eigenvalue weighted by Crippen LogP contribution is 2.48. The summed E-state index contributed by atoms with van der Waals surface area (Å²) in [5, 5.41) is 24.8. The van der Waals surface area contributed by atoms with Gasteiger partial charge in [-0.1, -0.05) is 54.6 Å². The number of fused-ring (bicyclic) bond motifs is 3. The van der Waals surface area contributed by atoms with Crippen molar-refractivity contribution in [2.75, 3.05) is 19.8 Å². The number of hydrogen-bond donors (Lipinski definition) is 3. The van der Waals surface area contributed by atoms with Gasteiger partial charge in [-0.25, -0.2) is 0 Å². The fourth-order valence-electron chi connectivity index (χ4n) is 3.79. The fourth-order valence-corrected chi connectivity index (χ4v) is 3.79. The molecule has 0 unspecified atom stereocenters. The average molecular weight is 333 g/mol. The number of aliphatic hydroxyl groups is 2. The molecule has 3 N–H and O–H groups in total. The van der Waals surface area contributed by atoms with E-state index in [1.165, 1.54) is 38.6 Å². The molecule has 4 rings (SSSR count). The van der Waals surface area contributed by atoms with Gasteiger partial charge in [-0.15, -0.1) is 0 Å². The summed E-state index contributed by atoms with van der Waals surface area (Å²) in [6, 6.07) is 19.5. The van der Waals surface area contributed by atoms with Crippen LogP contribution < -0.4 is 5.32 Å². The molecule has 3 aromatic carbocycles. The van der Waals surface area contributed by atoms with Crippen LogP contribution in [0.15, 0.2) is 54.6 Å². The molecular formula is C22H23NO2. The molecule has 0 atom stereocenters. The van der Waals surface area contributed by atoms with E-state index < -0.39 is 5.54 Å². The van der Waals surface area contributed by atoms with Crippen LogP contribution >= 0.6 is 0 Å². The van der Waals surface area contributed by atoms with Gasteiger partial charge in [-0.2, -0.15) is 0 Å². The smallest absolute Gasteiger partial charge is 0.0633 e. The van der Waals surface area contributed by atoms with Crippen LogP contribution in [0.25, 0.3) is 33.0 Å². The summed E-state index contributed by atoms with van der Waals surface area (Å²) in [4.78, 5) is 0. The van der Waals surface area contributed by atoms with Gasteiger partial charge >= 0.3 is 0 Å². The highest BCUT2D eigenvalue weighted by molar-refractivity contribution is 6.15. The maximum absolute atomic E-state index is 9.43. The Hall–Kier alpha value is -2.20. The van der Waals surface area contributed by atoms with Gasteiger partial charge < -0.3 is 15.5 Å². The molecule has 3 heteroatoms. The summed E-state index contributed by atoms with van der Waals surface area (Å²) in [6.07, 6.45) is 0.850. The summed E-state index contributed by atoms with van der Waals surface area (Å²) in [7, 11) is 0. The normalized spacial score (nSPS) is 12.6. The van der Waals surface area contributed by atoms with Crippen molar-refractivity contribution in [3.8, 4) is 22.3 Å². The van der Waals surface area contributed by atoms with Crippen molar-refractivity contribution in [2.24, 2.45) is 0 Å². The standard InChI is InChI=1S/C22H23NO2/c1-22(13-24,14-25)23-12-11-16-7-3-9-18-17-8-2-5-15-6-4-10-19(20(15)17)21(16)18/h2-10,23-25H,11-14H2,1H3. The molecule has 1 aliphatic carbocycles. The van der Waals surface area contributed by atoms with Crippen molar-refractivity contribution < 1.29 is 10.2 Å². The molecule has 0 fully saturated rings. The lowest BCUT2D eigenvalue weighted by Gasteiger charge is -2.26. The number of rotatable bonds is 6. The van der Waals surface area contributed by atoms with Gasteiger partial charge in [0.1, 0.15) is 0 Å². The van der Waals surface area contributed by atoms with E-state index in [9.17, 15) is 10.2 Å². The molecule has 0 saturated carbocycles. The molecular weight excluding hydrogens is 310 g/mol. The summed E-state index contributed by atoms with van der Waals surface area (Å²) in [6.45, 7) is 2.38. The zero-order valence-electron chi connectivity index (χ0n) is 14.4. The Bertz CT molecular complexity index is 923. The van der Waals surface area contributed by atoms with Gasteiger partial charge in [0.15, 0.2) is 0 Å². The average Bonchev–Trinajstić information content (AvgIpc) is 2.99. The summed E-state index contributed by atoms with van der Waals surface area (Å²) in [5.74, 6) is 0. The minimum Gasteiger partial charge on any atom is -0.394 e. The van der Waals surface area contributed by atoms with Crippen LogP contribution in [0.3, 0.4) is 0 Å². The van der Waals surface area contributed by atoms with Gasteiger partial charge in [-0.05, 0) is 58.5 Å². The zero-order chi connectivity index (χ0) is 17.4. The second kappa shape index (κ2) is 6.26. The van der Waals surface area contributed by atoms with Crippen molar-refractivity contribution in [1.82, 2.24) is 5.32 Å². The molecule has 1 aliphatic rings. The molecule has 0 bridgehead atoms. The zero-order valence-corrected chi connectivity index (χ0v) is 14.4. The molecule has 0 radical (unpaired) electrons. The Morgan fingerprint density at radius 2 is 1.48 bits per heavy atom. The van der Waals surface area contributed by atoms with Crippen LogP contribution in [0.1, 0.15) is 12.5 Å². The van der Waals surface area contributed by atoms with Gasteiger partial charge in [0, 0.05) is 0 Å². The fraction of sp³-hybridized carbons (Fsp3) is 0.273. The summed E-state index contributed by atoms with van der Waals surface area (Å²) < 4.78 is 0. The Balaban J connectivity index is 1.70. The van der Waals surface area contributed by atoms with E-state index in [2.05, 4.69) is 59.9 Å². The van der Waals surface area contributed by atoms with Crippen LogP contribution in [0.5, 0.6) is 0 Å². The number of aliphatic hydroxyl groups excluding tert-OH is 2. The minimum absolute atomic E-state index is 0.0822. The third kappa shape index (κ3) is 2.65. The summed E-state index contributed by atoms with van der Waals surface area (Å²) in [5.41, 5.74) is 5.91. The second-order valence-electron chi connectivity index (χ2n) is 7.10. The Morgan fingerprint density at radius 1 is 0.840 bits per heavy atom. The predicted octanol–water partition coefficient (Wildman–Crippen LogP) is 3.36. The molecule has 3 nitrogen and oxygen atoms in total. The van der Waals surface area contributed by atoms with E-state index in [0.717, 1.165) is 6.42 Å². The molecule has 128 valence electrons. The molecule has 0 spiro atoms. The number of hydrogen-bond acceptors (Lipinski definition) is 3. The topological polar surface area (TPSA) is 52.5 Å². The molecule has 0 aliphatic heterocycles. The van der Waals surface area contributed by atoms with Crippen LogP contribution in [0.2, 0.25) is 0 Å². The third-order valence-electron chi connectivity index (χ3n) is 5.26. The number of nitrogens with one attached hydrogen (secondary N) is 1. The molecule has 0 amide bonds. The summed E-state index contributed by atoms with van der Waals surface area (Å²) >= 11 is 0. The predicted molar refractivity (Wildman–Crippen MR) is 103 cm³/mol. The Morgan fingerprint density at radius 3 is 2.20 bits per heavy atom. The highest BCUT2D eigenvalue weighted by Gasteiger charge is 2.24. The van der Waals surface area contributed by atoms with E-state index >= 15 is 0 Å². The van der Waals surface area contributed by atoms with Crippen molar-refractivity contribution >= 4 is 10.8 Å². The lowest BCUT2D eigenvalue weighted by molar-refractivity contribution is 0.105. The van der Waals surface area contributed by atoms with Gasteiger partial charge in [0.25, 0.3) is 0 Å². The molecule has 0 heterocycles. The monoisotopic (exact) mass is 333 g/mol. The van der Waals surface area contributed by atoms with E-state index in [0.29, 0.717) is 6.54 Å². The van der Waals surface area contributed by atoms with E-state index in [4.69, 9.17) is 0 Å². The van der Waals surface area contributed by atoms with Crippen molar-refractivity contribution in [3.05, 3.63) is 60.2 Å². The molecule has 0 saturated heterocycles. The van der Waals surface area contributed by atoms with Crippen molar-refractivity contribution in [2.45, 2.75) is 18.9 Å². The van der Waals surface area contributed by atoms with Crippen LogP contribution in [0.4, 0.5) is 0 Å². The first kappa shape index (κ1) is 16.3. The van der Waals surface area contributed by atoms with E-state index in [1.807, 2.05) is 6.92 Å². The second-order valence-corrected chi connectivity index (χ2v) is 7.10. The van der Waals surface area contributed by atoms with E-state index in [-0.39, 0.29) is 13.2 Å². The van der Waals surface area contributed by atoms with Crippen molar-refractivity contribution in [3.63, 3.8) is 0 Å². The Kier molecular flexibility index (Phi) is 4.08. The SMILES string of the molecule is CC(CO)(CO)NCCc1cccc2c1-c1cccc3cccc-2c13. The van der Waals surface area contributed by atoms with Crippen LogP contribution in [-0.4, -0.2) is 35.5 Å². The first-order valence-corrected chi connectivity index (χ1v) is 8.78. The minimum atomic E-state index is -0.638. The largest absolute Gasteiger partial charge is 0.394 e. The van der Waals surface area contributed by atoms with E-state index in [1.54, 1.807) is 0 Å². The maximum Gasteiger partial charge on any atom is 0.0633 e. The molecule has 3 aromatic rings. The first-order chi connectivity index (χ1) is 12.2. The van der Waals surface area contributed by atoms with Crippen LogP contribution in [-0.2, 0) is 6.42 Å². The van der Waals surface area contributed by atoms with Crippen LogP contribution in [0, 0.1) is 0 Å². The lowest BCUT2D eigenvalue weighted by Crippen LogP contribution is -2.49. The molecule has 25 heavy (non-hydrogen) atoms. The highest BCUT2D eigenvalue weighted by atomic mass is 16.3. The molecule has 0 aromatic heterocycles. The first-order valence-electron chi connectivity index (χ1n) is 8.78. The third-order valence-corrected chi connectivity index (χ3v) is 5.26.